The quantitative estimate of drug-likeness (QED) is 0.163. The summed E-state index contributed by atoms with van der Waals surface area (Å²) in [5.41, 5.74) is 4.68. The number of thiophene rings is 3. The lowest BCUT2D eigenvalue weighted by Gasteiger charge is -2.02. The third-order valence-electron chi connectivity index (χ3n) is 10.3. The van der Waals surface area contributed by atoms with Gasteiger partial charge in [0, 0.05) is 40.8 Å². The molecule has 13 rings (SSSR count). The fourth-order valence-electron chi connectivity index (χ4n) is 7.65. The molecule has 0 saturated heterocycles. The molecular formula is C48H25BrCl2N6S3. The summed E-state index contributed by atoms with van der Waals surface area (Å²) in [5, 5.41) is 12.0. The first-order chi connectivity index (χ1) is 29.4. The molecule has 60 heavy (non-hydrogen) atoms. The Bertz CT molecular complexity index is 3660. The standard InChI is InChI=1S/C20H11ClN2S.C14H7BrN2S.C14H7ClN2S/c21-14-6-3-5-13(10-14)16-11-22-20-19(23-16)18-15-7-2-1-4-12(15)8-9-17(18)24-20;2*15-11-7-16-14-13(17-11)12-9-4-2-1-3-8(9)5-6-10(12)18-14/h1-11H;2*1-7H. The van der Waals surface area contributed by atoms with E-state index in [1.54, 1.807) is 46.4 Å². The van der Waals surface area contributed by atoms with Crippen molar-refractivity contribution in [2.45, 2.75) is 0 Å². The van der Waals surface area contributed by atoms with Gasteiger partial charge in [0.15, 0.2) is 0 Å². The first-order valence-electron chi connectivity index (χ1n) is 18.7. The minimum atomic E-state index is 0.440. The second kappa shape index (κ2) is 15.4. The number of hydrogen-bond acceptors (Lipinski definition) is 9. The smallest absolute Gasteiger partial charge is 0.148 e. The van der Waals surface area contributed by atoms with Crippen molar-refractivity contribution in [1.29, 1.82) is 0 Å². The molecule has 0 aliphatic rings. The summed E-state index contributed by atoms with van der Waals surface area (Å²) < 4.78 is 4.43. The van der Waals surface area contributed by atoms with Gasteiger partial charge >= 0.3 is 0 Å². The predicted molar refractivity (Wildman–Crippen MR) is 260 cm³/mol. The Morgan fingerprint density at radius 1 is 0.433 bits per heavy atom. The Balaban J connectivity index is 0.000000104. The van der Waals surface area contributed by atoms with Crippen molar-refractivity contribution in [1.82, 2.24) is 29.9 Å². The number of rotatable bonds is 1. The van der Waals surface area contributed by atoms with Gasteiger partial charge in [-0.3, -0.25) is 0 Å². The zero-order valence-corrected chi connectivity index (χ0v) is 36.5. The Morgan fingerprint density at radius 2 is 0.900 bits per heavy atom. The van der Waals surface area contributed by atoms with E-state index in [4.69, 9.17) is 28.2 Å². The highest BCUT2D eigenvalue weighted by atomic mass is 79.9. The van der Waals surface area contributed by atoms with E-state index in [1.165, 1.54) is 57.2 Å². The third kappa shape index (κ3) is 6.70. The maximum atomic E-state index is 6.12. The van der Waals surface area contributed by atoms with E-state index < -0.39 is 0 Å². The lowest BCUT2D eigenvalue weighted by atomic mass is 10.1. The number of hydrogen-bond donors (Lipinski definition) is 0. The fraction of sp³-hybridized carbons (Fsp3) is 0. The van der Waals surface area contributed by atoms with E-state index in [1.807, 2.05) is 42.6 Å². The SMILES string of the molecule is Brc1cnc2sc3ccc4ccccc4c3c2n1.Clc1cccc(-c2cnc3sc4ccc5ccccc5c4c3n2)c1.Clc1cnc2sc3ccc4ccccc4c3c2n1. The van der Waals surface area contributed by atoms with Crippen molar-refractivity contribution in [3.63, 3.8) is 0 Å². The first kappa shape index (κ1) is 37.3. The summed E-state index contributed by atoms with van der Waals surface area (Å²) in [5.74, 6) is 0. The lowest BCUT2D eigenvalue weighted by molar-refractivity contribution is 1.27. The van der Waals surface area contributed by atoms with Crippen LogP contribution in [0.25, 0.3) is 105 Å². The van der Waals surface area contributed by atoms with Gasteiger partial charge in [-0.25, -0.2) is 29.9 Å². The molecule has 6 nitrogen and oxygen atoms in total. The maximum absolute atomic E-state index is 6.12. The molecule has 7 aromatic carbocycles. The molecule has 0 radical (unpaired) electrons. The monoisotopic (exact) mass is 930 g/mol. The molecule has 0 aliphatic heterocycles. The number of halogens is 3. The molecule has 286 valence electrons. The number of nitrogens with zero attached hydrogens (tertiary/aromatic N) is 6. The average molecular weight is 933 g/mol. The van der Waals surface area contributed by atoms with Crippen molar-refractivity contribution in [2.75, 3.05) is 0 Å². The normalized spacial score (nSPS) is 11.6. The number of fused-ring (bicyclic) bond motifs is 15. The van der Waals surface area contributed by atoms with Crippen LogP contribution >= 0.6 is 73.1 Å². The molecule has 0 bridgehead atoms. The minimum Gasteiger partial charge on any atom is -0.243 e. The molecule has 13 aromatic rings. The van der Waals surface area contributed by atoms with Crippen LogP contribution in [0.4, 0.5) is 0 Å². The highest BCUT2D eigenvalue weighted by Crippen LogP contribution is 2.40. The van der Waals surface area contributed by atoms with E-state index in [0.717, 1.165) is 52.3 Å². The van der Waals surface area contributed by atoms with Gasteiger partial charge in [0.25, 0.3) is 0 Å². The van der Waals surface area contributed by atoms with Gasteiger partial charge in [0.1, 0.15) is 40.8 Å². The molecule has 0 spiro atoms. The van der Waals surface area contributed by atoms with Gasteiger partial charge in [0.2, 0.25) is 0 Å². The van der Waals surface area contributed by atoms with Gasteiger partial charge in [-0.05, 0) is 78.6 Å². The first-order valence-corrected chi connectivity index (χ1v) is 22.7. The summed E-state index contributed by atoms with van der Waals surface area (Å²) in [6.45, 7) is 0. The Morgan fingerprint density at radius 3 is 1.43 bits per heavy atom. The van der Waals surface area contributed by atoms with Crippen LogP contribution in [0.5, 0.6) is 0 Å². The Hall–Kier alpha value is -5.72. The van der Waals surface area contributed by atoms with Crippen LogP contribution in [0, 0.1) is 0 Å². The second-order valence-corrected chi connectivity index (χ2v) is 18.6. The average Bonchev–Trinajstić information content (AvgIpc) is 3.98. The molecule has 0 N–H and O–H groups in total. The van der Waals surface area contributed by atoms with Gasteiger partial charge in [-0.2, -0.15) is 0 Å². The van der Waals surface area contributed by atoms with Gasteiger partial charge in [0.05, 0.1) is 24.3 Å². The van der Waals surface area contributed by atoms with Crippen molar-refractivity contribution >= 4 is 167 Å². The van der Waals surface area contributed by atoms with E-state index >= 15 is 0 Å². The summed E-state index contributed by atoms with van der Waals surface area (Å²) in [4.78, 5) is 30.2. The van der Waals surface area contributed by atoms with Gasteiger partial charge in [-0.15, -0.1) is 34.0 Å². The summed E-state index contributed by atoms with van der Waals surface area (Å²) in [7, 11) is 0. The van der Waals surface area contributed by atoms with Crippen LogP contribution < -0.4 is 0 Å². The fourth-order valence-corrected chi connectivity index (χ4v) is 11.3. The van der Waals surface area contributed by atoms with Gasteiger partial charge in [-0.1, -0.05) is 126 Å². The molecule has 0 fully saturated rings. The summed E-state index contributed by atoms with van der Waals surface area (Å²) >= 11 is 20.5. The lowest BCUT2D eigenvalue weighted by Crippen LogP contribution is -1.86. The van der Waals surface area contributed by atoms with Crippen LogP contribution in [0.3, 0.4) is 0 Å². The largest absolute Gasteiger partial charge is 0.243 e. The van der Waals surface area contributed by atoms with E-state index in [2.05, 4.69) is 138 Å². The highest BCUT2D eigenvalue weighted by molar-refractivity contribution is 9.10. The molecule has 0 aliphatic carbocycles. The summed E-state index contributed by atoms with van der Waals surface area (Å²) in [6.07, 6.45) is 5.17. The second-order valence-electron chi connectivity index (χ2n) is 13.9. The van der Waals surface area contributed by atoms with Gasteiger partial charge < -0.3 is 0 Å². The molecule has 0 atom stereocenters. The number of aromatic nitrogens is 6. The van der Waals surface area contributed by atoms with Crippen LogP contribution in [0.1, 0.15) is 0 Å². The highest BCUT2D eigenvalue weighted by Gasteiger charge is 2.14. The molecular weight excluding hydrogens is 908 g/mol. The Kier molecular flexibility index (Phi) is 9.56. The summed E-state index contributed by atoms with van der Waals surface area (Å²) in [6, 6.07) is 45.7. The van der Waals surface area contributed by atoms with Crippen LogP contribution in [-0.2, 0) is 0 Å². The van der Waals surface area contributed by atoms with Crippen molar-refractivity contribution in [3.8, 4) is 11.3 Å². The zero-order valence-electron chi connectivity index (χ0n) is 31.0. The maximum Gasteiger partial charge on any atom is 0.148 e. The molecule has 0 unspecified atom stereocenters. The minimum absolute atomic E-state index is 0.440. The van der Waals surface area contributed by atoms with Crippen LogP contribution in [0.15, 0.2) is 157 Å². The van der Waals surface area contributed by atoms with Crippen molar-refractivity contribution < 1.29 is 0 Å². The molecule has 12 heteroatoms. The Labute approximate surface area is 371 Å². The topological polar surface area (TPSA) is 77.3 Å². The van der Waals surface area contributed by atoms with E-state index in [0.29, 0.717) is 10.2 Å². The third-order valence-corrected chi connectivity index (χ3v) is 14.2. The molecule has 6 aromatic heterocycles. The van der Waals surface area contributed by atoms with Crippen LogP contribution in [0.2, 0.25) is 10.2 Å². The predicted octanol–water partition coefficient (Wildman–Crippen LogP) is 15.7. The van der Waals surface area contributed by atoms with E-state index in [9.17, 15) is 0 Å². The zero-order chi connectivity index (χ0) is 40.3. The molecule has 0 saturated carbocycles. The molecule has 0 amide bonds. The molecule has 6 heterocycles. The van der Waals surface area contributed by atoms with E-state index in [-0.39, 0.29) is 0 Å². The van der Waals surface area contributed by atoms with Crippen molar-refractivity contribution in [3.05, 3.63) is 167 Å². The number of benzene rings is 7. The van der Waals surface area contributed by atoms with Crippen LogP contribution in [-0.4, -0.2) is 29.9 Å². The van der Waals surface area contributed by atoms with Crippen molar-refractivity contribution in [2.24, 2.45) is 0 Å².